The maximum Gasteiger partial charge on any atom is 0.225 e. The van der Waals surface area contributed by atoms with Crippen LogP contribution in [0.25, 0.3) is 0 Å². The summed E-state index contributed by atoms with van der Waals surface area (Å²) in [5.74, 6) is 1.28. The molecule has 0 radical (unpaired) electrons. The number of aromatic nitrogens is 2. The number of Topliss-reactive ketones (excluding diaryl/α,β-unsaturated/α-hetero) is 2. The van der Waals surface area contributed by atoms with Gasteiger partial charge in [0.05, 0.1) is 18.9 Å². The zero-order valence-electron chi connectivity index (χ0n) is 12.4. The summed E-state index contributed by atoms with van der Waals surface area (Å²) < 4.78 is 5.23. The van der Waals surface area contributed by atoms with E-state index >= 15 is 0 Å². The van der Waals surface area contributed by atoms with E-state index in [4.69, 9.17) is 4.74 Å². The maximum absolute atomic E-state index is 11.1. The van der Waals surface area contributed by atoms with Crippen LogP contribution >= 0.6 is 0 Å². The van der Waals surface area contributed by atoms with E-state index in [-0.39, 0.29) is 18.2 Å². The molecule has 0 atom stereocenters. The molecule has 0 N–H and O–H groups in total. The number of ketones is 2. The zero-order valence-corrected chi connectivity index (χ0v) is 12.4. The third-order valence-electron chi connectivity index (χ3n) is 3.16. The first kappa shape index (κ1) is 15.4. The fourth-order valence-corrected chi connectivity index (χ4v) is 2.15. The number of anilines is 1. The number of piperazine rings is 1. The third kappa shape index (κ3) is 4.78. The minimum absolute atomic E-state index is 0.0342. The van der Waals surface area contributed by atoms with Gasteiger partial charge in [-0.15, -0.1) is 0 Å². The molecule has 1 aromatic heterocycles. The van der Waals surface area contributed by atoms with E-state index < -0.39 is 0 Å². The molecule has 114 valence electrons. The lowest BCUT2D eigenvalue weighted by atomic mass is 10.3. The van der Waals surface area contributed by atoms with Gasteiger partial charge >= 0.3 is 0 Å². The Morgan fingerprint density at radius 2 is 1.71 bits per heavy atom. The fourth-order valence-electron chi connectivity index (χ4n) is 2.15. The third-order valence-corrected chi connectivity index (χ3v) is 3.16. The van der Waals surface area contributed by atoms with Crippen LogP contribution in [0, 0.1) is 0 Å². The summed E-state index contributed by atoms with van der Waals surface area (Å²) in [5, 5.41) is 0. The van der Waals surface area contributed by atoms with Crippen molar-refractivity contribution in [1.29, 1.82) is 0 Å². The van der Waals surface area contributed by atoms with Crippen LogP contribution < -0.4 is 9.64 Å². The lowest BCUT2D eigenvalue weighted by Gasteiger charge is -2.34. The normalized spacial score (nSPS) is 15.8. The van der Waals surface area contributed by atoms with Crippen LogP contribution in [0.5, 0.6) is 5.75 Å². The number of hydrogen-bond acceptors (Lipinski definition) is 7. The van der Waals surface area contributed by atoms with Gasteiger partial charge in [0.15, 0.2) is 11.5 Å². The Bertz CT molecular complexity index is 495. The van der Waals surface area contributed by atoms with Crippen molar-refractivity contribution >= 4 is 17.5 Å². The summed E-state index contributed by atoms with van der Waals surface area (Å²) in [6.45, 7) is 6.85. The summed E-state index contributed by atoms with van der Waals surface area (Å²) in [4.78, 5) is 34.6. The molecule has 0 bridgehead atoms. The molecule has 7 nitrogen and oxygen atoms in total. The molecule has 1 fully saturated rings. The van der Waals surface area contributed by atoms with Gasteiger partial charge in [-0.2, -0.15) is 0 Å². The van der Waals surface area contributed by atoms with Gasteiger partial charge in [0.25, 0.3) is 0 Å². The number of nitrogens with zero attached hydrogens (tertiary/aromatic N) is 4. The second-order valence-corrected chi connectivity index (χ2v) is 5.17. The van der Waals surface area contributed by atoms with E-state index in [0.717, 1.165) is 26.2 Å². The van der Waals surface area contributed by atoms with Crippen molar-refractivity contribution in [3.05, 3.63) is 12.4 Å². The summed E-state index contributed by atoms with van der Waals surface area (Å²) >= 11 is 0. The van der Waals surface area contributed by atoms with Gasteiger partial charge in [0.2, 0.25) is 5.95 Å². The van der Waals surface area contributed by atoms with Gasteiger partial charge < -0.3 is 9.64 Å². The molecule has 0 saturated carbocycles. The standard InChI is InChI=1S/C14H20N4O3/c1-11(19)9-17-3-5-18(6-4-17)14-15-7-13(8-16-14)21-10-12(2)20/h7-8H,3-6,9-10H2,1-2H3. The zero-order chi connectivity index (χ0) is 15.2. The largest absolute Gasteiger partial charge is 0.483 e. The minimum atomic E-state index is -0.0410. The smallest absolute Gasteiger partial charge is 0.225 e. The monoisotopic (exact) mass is 292 g/mol. The fraction of sp³-hybridized carbons (Fsp3) is 0.571. The predicted octanol–water partition coefficient (Wildman–Crippen LogP) is 0.155. The first-order valence-electron chi connectivity index (χ1n) is 6.95. The van der Waals surface area contributed by atoms with E-state index in [1.165, 1.54) is 6.92 Å². The van der Waals surface area contributed by atoms with Crippen LogP contribution in [-0.2, 0) is 9.59 Å². The molecule has 2 heterocycles. The van der Waals surface area contributed by atoms with Crippen molar-refractivity contribution in [2.45, 2.75) is 13.8 Å². The van der Waals surface area contributed by atoms with Gasteiger partial charge in [-0.25, -0.2) is 9.97 Å². The van der Waals surface area contributed by atoms with Crippen LogP contribution in [-0.4, -0.2) is 65.8 Å². The molecule has 1 aliphatic rings. The minimum Gasteiger partial charge on any atom is -0.483 e. The van der Waals surface area contributed by atoms with Gasteiger partial charge in [0, 0.05) is 26.2 Å². The molecular weight excluding hydrogens is 272 g/mol. The molecule has 1 aliphatic heterocycles. The summed E-state index contributed by atoms with van der Waals surface area (Å²) in [7, 11) is 0. The van der Waals surface area contributed by atoms with Gasteiger partial charge in [-0.3, -0.25) is 14.5 Å². The molecule has 0 spiro atoms. The van der Waals surface area contributed by atoms with Crippen molar-refractivity contribution in [3.63, 3.8) is 0 Å². The second-order valence-electron chi connectivity index (χ2n) is 5.17. The van der Waals surface area contributed by atoms with Gasteiger partial charge in [-0.05, 0) is 13.8 Å². The molecule has 1 aromatic rings. The van der Waals surface area contributed by atoms with Gasteiger partial charge in [0.1, 0.15) is 12.4 Å². The van der Waals surface area contributed by atoms with Crippen molar-refractivity contribution in [2.75, 3.05) is 44.2 Å². The molecule has 0 aliphatic carbocycles. The Balaban J connectivity index is 1.86. The second kappa shape index (κ2) is 7.12. The van der Waals surface area contributed by atoms with Crippen LogP contribution in [0.4, 0.5) is 5.95 Å². The highest BCUT2D eigenvalue weighted by Gasteiger charge is 2.19. The number of rotatable bonds is 6. The Hall–Kier alpha value is -2.02. The molecule has 0 unspecified atom stereocenters. The highest BCUT2D eigenvalue weighted by Crippen LogP contribution is 2.14. The Morgan fingerprint density at radius 3 is 2.24 bits per heavy atom. The molecule has 21 heavy (non-hydrogen) atoms. The summed E-state index contributed by atoms with van der Waals surface area (Å²) in [5.41, 5.74) is 0. The Labute approximate surface area is 123 Å². The Kier molecular flexibility index (Phi) is 5.21. The van der Waals surface area contributed by atoms with Crippen molar-refractivity contribution < 1.29 is 14.3 Å². The molecule has 0 aromatic carbocycles. The number of ether oxygens (including phenoxy) is 1. The highest BCUT2D eigenvalue weighted by molar-refractivity contribution is 5.77. The van der Waals surface area contributed by atoms with E-state index in [9.17, 15) is 9.59 Å². The average molecular weight is 292 g/mol. The number of carbonyl (C=O) groups is 2. The van der Waals surface area contributed by atoms with Crippen LogP contribution in [0.1, 0.15) is 13.8 Å². The van der Waals surface area contributed by atoms with Crippen LogP contribution in [0.15, 0.2) is 12.4 Å². The first-order valence-corrected chi connectivity index (χ1v) is 6.95. The molecule has 1 saturated heterocycles. The first-order chi connectivity index (χ1) is 10.0. The predicted molar refractivity (Wildman–Crippen MR) is 77.5 cm³/mol. The SMILES string of the molecule is CC(=O)COc1cnc(N2CCN(CC(C)=O)CC2)nc1. The van der Waals surface area contributed by atoms with Crippen molar-refractivity contribution in [3.8, 4) is 5.75 Å². The lowest BCUT2D eigenvalue weighted by molar-refractivity contribution is -0.119. The topological polar surface area (TPSA) is 75.6 Å². The average Bonchev–Trinajstić information content (AvgIpc) is 2.46. The van der Waals surface area contributed by atoms with Crippen LogP contribution in [0.2, 0.25) is 0 Å². The maximum atomic E-state index is 11.1. The van der Waals surface area contributed by atoms with Crippen molar-refractivity contribution in [1.82, 2.24) is 14.9 Å². The summed E-state index contributed by atoms with van der Waals surface area (Å²) in [6.07, 6.45) is 3.15. The molecule has 7 heteroatoms. The Morgan fingerprint density at radius 1 is 1.10 bits per heavy atom. The van der Waals surface area contributed by atoms with E-state index in [2.05, 4.69) is 19.8 Å². The number of carbonyl (C=O) groups excluding carboxylic acids is 2. The number of hydrogen-bond donors (Lipinski definition) is 0. The molecular formula is C14H20N4O3. The van der Waals surface area contributed by atoms with Gasteiger partial charge in [-0.1, -0.05) is 0 Å². The lowest BCUT2D eigenvalue weighted by Crippen LogP contribution is -2.48. The van der Waals surface area contributed by atoms with Crippen molar-refractivity contribution in [2.24, 2.45) is 0 Å². The quantitative estimate of drug-likeness (QED) is 0.739. The van der Waals surface area contributed by atoms with E-state index in [1.54, 1.807) is 19.3 Å². The van der Waals surface area contributed by atoms with E-state index in [1.807, 2.05) is 0 Å². The van der Waals surface area contributed by atoms with E-state index in [0.29, 0.717) is 18.2 Å². The summed E-state index contributed by atoms with van der Waals surface area (Å²) in [6, 6.07) is 0. The molecule has 2 rings (SSSR count). The molecule has 0 amide bonds. The highest BCUT2D eigenvalue weighted by atomic mass is 16.5. The van der Waals surface area contributed by atoms with Crippen LogP contribution in [0.3, 0.4) is 0 Å².